The van der Waals surface area contributed by atoms with Crippen molar-refractivity contribution in [2.75, 3.05) is 25.1 Å². The Bertz CT molecular complexity index is 775. The number of nitrogens with zero attached hydrogens (tertiary/aromatic N) is 1. The summed E-state index contributed by atoms with van der Waals surface area (Å²) in [5.74, 6) is -28.0. The molecule has 1 unspecified atom stereocenters. The van der Waals surface area contributed by atoms with Gasteiger partial charge < -0.3 is 9.64 Å². The van der Waals surface area contributed by atoms with Crippen molar-refractivity contribution in [2.24, 2.45) is 0 Å². The predicted molar refractivity (Wildman–Crippen MR) is 94.8 cm³/mol. The van der Waals surface area contributed by atoms with Crippen LogP contribution < -0.4 is 4.90 Å². The largest absolute Gasteiger partial charge is 0.460 e. The van der Waals surface area contributed by atoms with Crippen molar-refractivity contribution >= 4 is 5.69 Å². The van der Waals surface area contributed by atoms with Gasteiger partial charge in [0.25, 0.3) is 0 Å². The zero-order chi connectivity index (χ0) is 25.4. The van der Waals surface area contributed by atoms with E-state index in [1.54, 1.807) is 18.7 Å². The van der Waals surface area contributed by atoms with Gasteiger partial charge in [0.05, 0.1) is 12.0 Å². The smallest absolute Gasteiger partial charge is 0.374 e. The van der Waals surface area contributed by atoms with Gasteiger partial charge in [-0.3, -0.25) is 0 Å². The molecule has 0 radical (unpaired) electrons. The number of para-hydroxylation sites is 1. The van der Waals surface area contributed by atoms with Crippen molar-refractivity contribution in [3.05, 3.63) is 29.8 Å². The van der Waals surface area contributed by atoms with Crippen LogP contribution in [-0.4, -0.2) is 50.1 Å². The summed E-state index contributed by atoms with van der Waals surface area (Å²) >= 11 is 0. The van der Waals surface area contributed by atoms with E-state index in [0.29, 0.717) is 13.1 Å². The fraction of sp³-hybridized carbons (Fsp3) is 0.684. The first-order chi connectivity index (χ1) is 14.3. The summed E-state index contributed by atoms with van der Waals surface area (Å²) in [7, 11) is 0.787. The second kappa shape index (κ2) is 8.86. The number of hydrogen-bond acceptors (Lipinski definition) is 2. The molecule has 1 atom stereocenters. The van der Waals surface area contributed by atoms with E-state index < -0.39 is 41.9 Å². The molecule has 186 valence electrons. The second-order valence-electron chi connectivity index (χ2n) is 7.23. The fourth-order valence-electron chi connectivity index (χ4n) is 3.18. The molecular weight excluding hydrogens is 467 g/mol. The van der Waals surface area contributed by atoms with Crippen molar-refractivity contribution in [1.82, 2.24) is 0 Å². The number of hydrogen-bond donors (Lipinski definition) is 0. The molecule has 2 nitrogen and oxygen atoms in total. The lowest BCUT2D eigenvalue weighted by atomic mass is 9.84. The number of ether oxygens (including phenoxy) is 1. The maximum Gasteiger partial charge on any atom is 0.460 e. The van der Waals surface area contributed by atoms with E-state index in [1.165, 1.54) is 24.3 Å². The van der Waals surface area contributed by atoms with Gasteiger partial charge in [-0.15, -0.1) is 0 Å². The van der Waals surface area contributed by atoms with Crippen LogP contribution in [0, 0.1) is 0 Å². The highest BCUT2D eigenvalue weighted by Gasteiger charge is 2.87. The molecule has 13 heteroatoms. The average Bonchev–Trinajstić information content (AvgIpc) is 2.67. The van der Waals surface area contributed by atoms with Crippen LogP contribution in [0.15, 0.2) is 24.3 Å². The minimum atomic E-state index is -7.45. The Kier molecular flexibility index (Phi) is 7.82. The number of benzene rings is 1. The lowest BCUT2D eigenvalue weighted by Crippen LogP contribution is -2.67. The number of anilines is 1. The quantitative estimate of drug-likeness (QED) is 0.332. The summed E-state index contributed by atoms with van der Waals surface area (Å²) in [4.78, 5) is 1.59. The van der Waals surface area contributed by atoms with E-state index in [1.807, 2.05) is 0 Å². The van der Waals surface area contributed by atoms with Gasteiger partial charge in [-0.2, -0.15) is 48.3 Å². The van der Waals surface area contributed by atoms with E-state index in [-0.39, 0.29) is 11.3 Å². The second-order valence-corrected chi connectivity index (χ2v) is 7.23. The normalized spacial score (nSPS) is 16.1. The summed E-state index contributed by atoms with van der Waals surface area (Å²) < 4.78 is 152. The first kappa shape index (κ1) is 28.2. The molecule has 32 heavy (non-hydrogen) atoms. The summed E-state index contributed by atoms with van der Waals surface area (Å²) in [6.45, 7) is 4.80. The molecular formula is C19H22F11NO. The molecule has 0 aliphatic rings. The number of alkyl halides is 11. The molecule has 0 saturated carbocycles. The summed E-state index contributed by atoms with van der Waals surface area (Å²) in [5.41, 5.74) is -2.43. The third-order valence-corrected chi connectivity index (χ3v) is 5.19. The highest BCUT2D eigenvalue weighted by atomic mass is 19.4. The van der Waals surface area contributed by atoms with E-state index in [2.05, 4.69) is 0 Å². The van der Waals surface area contributed by atoms with Crippen molar-refractivity contribution in [3.8, 4) is 0 Å². The lowest BCUT2D eigenvalue weighted by molar-refractivity contribution is -0.424. The number of rotatable bonds is 10. The third-order valence-electron chi connectivity index (χ3n) is 5.19. The van der Waals surface area contributed by atoms with Crippen LogP contribution in [-0.2, 0) is 10.3 Å². The Morgan fingerprint density at radius 3 is 1.62 bits per heavy atom. The maximum atomic E-state index is 14.5. The molecule has 1 aromatic rings. The van der Waals surface area contributed by atoms with E-state index >= 15 is 0 Å². The summed E-state index contributed by atoms with van der Waals surface area (Å²) in [5, 5.41) is 0. The fourth-order valence-corrected chi connectivity index (χ4v) is 3.18. The minimum Gasteiger partial charge on any atom is -0.374 e. The monoisotopic (exact) mass is 489 g/mol. The van der Waals surface area contributed by atoms with Crippen molar-refractivity contribution in [3.63, 3.8) is 0 Å². The zero-order valence-corrected chi connectivity index (χ0v) is 17.4. The lowest BCUT2D eigenvalue weighted by Gasteiger charge is -2.41. The van der Waals surface area contributed by atoms with Crippen LogP contribution in [0.2, 0.25) is 0 Å². The maximum absolute atomic E-state index is 14.5. The molecule has 0 fully saturated rings. The van der Waals surface area contributed by atoms with Gasteiger partial charge >= 0.3 is 29.9 Å². The first-order valence-electron chi connectivity index (χ1n) is 9.25. The van der Waals surface area contributed by atoms with Crippen LogP contribution >= 0.6 is 0 Å². The Morgan fingerprint density at radius 1 is 0.750 bits per heavy atom. The predicted octanol–water partition coefficient (Wildman–Crippen LogP) is 6.89. The van der Waals surface area contributed by atoms with Crippen molar-refractivity contribution in [2.45, 2.75) is 62.7 Å². The molecule has 0 aliphatic heterocycles. The summed E-state index contributed by atoms with van der Waals surface area (Å²) in [6, 6.07) is 5.36. The van der Waals surface area contributed by atoms with Crippen LogP contribution in [0.5, 0.6) is 0 Å². The van der Waals surface area contributed by atoms with Gasteiger partial charge in [-0.05, 0) is 26.8 Å². The zero-order valence-electron chi connectivity index (χ0n) is 17.4. The highest BCUT2D eigenvalue weighted by Crippen LogP contribution is 2.59. The Labute approximate surface area is 177 Å². The van der Waals surface area contributed by atoms with Gasteiger partial charge in [0.2, 0.25) is 0 Å². The van der Waals surface area contributed by atoms with Gasteiger partial charge in [0.15, 0.2) is 0 Å². The molecule has 0 amide bonds. The van der Waals surface area contributed by atoms with Crippen LogP contribution in [0.4, 0.5) is 54.0 Å². The molecule has 0 aliphatic carbocycles. The van der Waals surface area contributed by atoms with Crippen LogP contribution in [0.25, 0.3) is 0 Å². The van der Waals surface area contributed by atoms with Crippen molar-refractivity contribution in [1.29, 1.82) is 0 Å². The molecule has 1 rings (SSSR count). The van der Waals surface area contributed by atoms with E-state index in [9.17, 15) is 48.3 Å². The molecule has 0 aromatic heterocycles. The van der Waals surface area contributed by atoms with Crippen molar-refractivity contribution < 1.29 is 53.0 Å². The Balaban J connectivity index is 3.57. The van der Waals surface area contributed by atoms with Crippen LogP contribution in [0.3, 0.4) is 0 Å². The average molecular weight is 489 g/mol. The molecule has 1 aromatic carbocycles. The summed E-state index contributed by atoms with van der Waals surface area (Å²) in [6.07, 6.45) is -9.51. The Hall–Kier alpha value is -1.79. The van der Waals surface area contributed by atoms with Gasteiger partial charge in [-0.1, -0.05) is 18.2 Å². The topological polar surface area (TPSA) is 12.5 Å². The molecule has 0 spiro atoms. The SMILES string of the molecule is CCN(CC)c1ccccc1C(C)(CC(F)(F)C(F)(F)C(F)(F)C(F)(F)C(F)(F)F)OC. The molecule has 0 N–H and O–H groups in total. The van der Waals surface area contributed by atoms with Gasteiger partial charge in [0.1, 0.15) is 0 Å². The van der Waals surface area contributed by atoms with Crippen LogP contribution in [0.1, 0.15) is 32.8 Å². The standard InChI is InChI=1S/C19H22F11NO/c1-5-31(6-2)13-10-8-7-9-12(13)14(3,32-4)11-15(20,21)16(22,23)17(24,25)18(26,27)19(28,29)30/h7-10H,5-6,11H2,1-4H3. The van der Waals surface area contributed by atoms with Gasteiger partial charge in [0, 0.05) is 31.5 Å². The Morgan fingerprint density at radius 2 is 1.22 bits per heavy atom. The minimum absolute atomic E-state index is 0.174. The number of halogens is 11. The van der Waals surface area contributed by atoms with Gasteiger partial charge in [-0.25, -0.2) is 0 Å². The van der Waals surface area contributed by atoms with E-state index in [0.717, 1.165) is 14.0 Å². The molecule has 0 heterocycles. The van der Waals surface area contributed by atoms with E-state index in [4.69, 9.17) is 4.74 Å². The molecule has 0 saturated heterocycles. The number of methoxy groups -OCH3 is 1. The first-order valence-corrected chi connectivity index (χ1v) is 9.25. The molecule has 0 bridgehead atoms. The highest BCUT2D eigenvalue weighted by molar-refractivity contribution is 5.56. The third kappa shape index (κ3) is 4.49.